The number of hydrogen-bond donors (Lipinski definition) is 1. The van der Waals surface area contributed by atoms with Gasteiger partial charge in [0.25, 0.3) is 0 Å². The average Bonchev–Trinajstić information content (AvgIpc) is 2.17. The Hall–Kier alpha value is -1.09. The van der Waals surface area contributed by atoms with Gasteiger partial charge in [-0.1, -0.05) is 0 Å². The lowest BCUT2D eigenvalue weighted by Gasteiger charge is -2.10. The van der Waals surface area contributed by atoms with Crippen molar-refractivity contribution in [1.82, 2.24) is 10.3 Å². The van der Waals surface area contributed by atoms with Crippen molar-refractivity contribution in [3.05, 3.63) is 23.9 Å². The van der Waals surface area contributed by atoms with Crippen LogP contribution in [0.2, 0.25) is 0 Å². The van der Waals surface area contributed by atoms with Crippen molar-refractivity contribution in [1.29, 1.82) is 0 Å². The minimum Gasteiger partial charge on any atom is -0.481 e. The van der Waals surface area contributed by atoms with E-state index in [1.54, 1.807) is 13.3 Å². The number of hydrogen-bond acceptors (Lipinski definition) is 3. The van der Waals surface area contributed by atoms with E-state index in [4.69, 9.17) is 4.74 Å². The van der Waals surface area contributed by atoms with E-state index in [0.717, 1.165) is 0 Å². The first-order valence-corrected chi connectivity index (χ1v) is 3.95. The van der Waals surface area contributed by atoms with Gasteiger partial charge in [-0.15, -0.1) is 0 Å². The fourth-order valence-electron chi connectivity index (χ4n) is 0.972. The van der Waals surface area contributed by atoms with Gasteiger partial charge in [0.05, 0.1) is 7.11 Å². The van der Waals surface area contributed by atoms with Gasteiger partial charge in [0.15, 0.2) is 0 Å². The number of nitrogens with one attached hydrogen (secondary N) is 1. The molecular weight excluding hydrogens is 152 g/mol. The molecule has 0 saturated heterocycles. The number of nitrogens with zero attached hydrogens (tertiary/aromatic N) is 1. The Morgan fingerprint density at radius 1 is 1.58 bits per heavy atom. The molecule has 0 spiro atoms. The molecule has 3 nitrogen and oxygen atoms in total. The smallest absolute Gasteiger partial charge is 0.213 e. The Kier molecular flexibility index (Phi) is 3.05. The maximum Gasteiger partial charge on any atom is 0.213 e. The molecule has 1 N–H and O–H groups in total. The molecule has 1 rings (SSSR count). The van der Waals surface area contributed by atoms with Crippen molar-refractivity contribution < 1.29 is 4.74 Å². The third-order valence-corrected chi connectivity index (χ3v) is 1.90. The fraction of sp³-hybridized carbons (Fsp3) is 0.444. The Balaban J connectivity index is 2.86. The van der Waals surface area contributed by atoms with E-state index in [0.29, 0.717) is 11.9 Å². The van der Waals surface area contributed by atoms with Crippen LogP contribution in [0.3, 0.4) is 0 Å². The van der Waals surface area contributed by atoms with Crippen LogP contribution in [0.5, 0.6) is 5.88 Å². The van der Waals surface area contributed by atoms with Crippen molar-refractivity contribution in [2.45, 2.75) is 13.0 Å². The van der Waals surface area contributed by atoms with E-state index in [2.05, 4.69) is 17.2 Å². The van der Waals surface area contributed by atoms with Gasteiger partial charge in [0, 0.05) is 18.3 Å². The summed E-state index contributed by atoms with van der Waals surface area (Å²) >= 11 is 0. The predicted octanol–water partition coefficient (Wildman–Crippen LogP) is 1.37. The Morgan fingerprint density at radius 2 is 2.33 bits per heavy atom. The molecule has 1 unspecified atom stereocenters. The zero-order valence-electron chi connectivity index (χ0n) is 7.66. The van der Waals surface area contributed by atoms with Crippen molar-refractivity contribution in [3.63, 3.8) is 0 Å². The molecule has 0 aliphatic carbocycles. The Bertz CT molecular complexity index is 250. The molecule has 0 aliphatic heterocycles. The molecular formula is C9H14N2O. The summed E-state index contributed by atoms with van der Waals surface area (Å²) in [6.45, 7) is 2.09. The van der Waals surface area contributed by atoms with Gasteiger partial charge in [-0.05, 0) is 25.6 Å². The molecule has 1 aromatic heterocycles. The normalized spacial score (nSPS) is 12.6. The van der Waals surface area contributed by atoms with Crippen molar-refractivity contribution in [2.24, 2.45) is 0 Å². The summed E-state index contributed by atoms with van der Waals surface area (Å²) in [5.41, 5.74) is 1.18. The molecule has 0 aliphatic rings. The van der Waals surface area contributed by atoms with Gasteiger partial charge in [-0.25, -0.2) is 4.98 Å². The van der Waals surface area contributed by atoms with Crippen LogP contribution in [0.25, 0.3) is 0 Å². The standard InChI is InChI=1S/C9H14N2O/c1-7(10-2)8-4-5-11-9(6-8)12-3/h4-7,10H,1-3H3. The largest absolute Gasteiger partial charge is 0.481 e. The summed E-state index contributed by atoms with van der Waals surface area (Å²) in [6.07, 6.45) is 1.75. The van der Waals surface area contributed by atoms with E-state index in [-0.39, 0.29) is 0 Å². The fourth-order valence-corrected chi connectivity index (χ4v) is 0.972. The monoisotopic (exact) mass is 166 g/mol. The van der Waals surface area contributed by atoms with Gasteiger partial charge in [-0.2, -0.15) is 0 Å². The Morgan fingerprint density at radius 3 is 2.92 bits per heavy atom. The molecule has 12 heavy (non-hydrogen) atoms. The van der Waals surface area contributed by atoms with Gasteiger partial charge < -0.3 is 10.1 Å². The van der Waals surface area contributed by atoms with E-state index >= 15 is 0 Å². The lowest BCUT2D eigenvalue weighted by molar-refractivity contribution is 0.396. The maximum absolute atomic E-state index is 5.01. The molecule has 1 atom stereocenters. The van der Waals surface area contributed by atoms with Crippen LogP contribution in [-0.4, -0.2) is 19.1 Å². The lowest BCUT2D eigenvalue weighted by Crippen LogP contribution is -2.12. The molecule has 1 heterocycles. The average molecular weight is 166 g/mol. The van der Waals surface area contributed by atoms with E-state index in [9.17, 15) is 0 Å². The van der Waals surface area contributed by atoms with Crippen molar-refractivity contribution in [3.8, 4) is 5.88 Å². The molecule has 66 valence electrons. The molecule has 0 bridgehead atoms. The molecule has 1 aromatic rings. The molecule has 0 amide bonds. The van der Waals surface area contributed by atoms with Crippen LogP contribution >= 0.6 is 0 Å². The highest BCUT2D eigenvalue weighted by molar-refractivity contribution is 5.22. The van der Waals surface area contributed by atoms with Crippen molar-refractivity contribution in [2.75, 3.05) is 14.2 Å². The number of ether oxygens (including phenoxy) is 1. The van der Waals surface area contributed by atoms with Gasteiger partial charge in [0.1, 0.15) is 0 Å². The second kappa shape index (κ2) is 4.07. The number of rotatable bonds is 3. The number of pyridine rings is 1. The van der Waals surface area contributed by atoms with Crippen molar-refractivity contribution >= 4 is 0 Å². The first-order chi connectivity index (χ1) is 5.77. The maximum atomic E-state index is 5.01. The summed E-state index contributed by atoms with van der Waals surface area (Å²) in [4.78, 5) is 4.02. The SMILES string of the molecule is CNC(C)c1ccnc(OC)c1. The molecule has 0 fully saturated rings. The minimum atomic E-state index is 0.335. The summed E-state index contributed by atoms with van der Waals surface area (Å²) < 4.78 is 5.01. The summed E-state index contributed by atoms with van der Waals surface area (Å²) in [5, 5.41) is 3.15. The number of aromatic nitrogens is 1. The third-order valence-electron chi connectivity index (χ3n) is 1.90. The van der Waals surface area contributed by atoms with Gasteiger partial charge in [-0.3, -0.25) is 0 Å². The summed E-state index contributed by atoms with van der Waals surface area (Å²) in [7, 11) is 3.55. The van der Waals surface area contributed by atoms with Gasteiger partial charge in [0.2, 0.25) is 5.88 Å². The molecule has 0 saturated carbocycles. The van der Waals surface area contributed by atoms with Crippen LogP contribution in [-0.2, 0) is 0 Å². The highest BCUT2D eigenvalue weighted by Gasteiger charge is 2.02. The molecule has 0 radical (unpaired) electrons. The van der Waals surface area contributed by atoms with Crippen LogP contribution in [0.4, 0.5) is 0 Å². The molecule has 0 aromatic carbocycles. The van der Waals surface area contributed by atoms with E-state index in [1.165, 1.54) is 5.56 Å². The second-order valence-electron chi connectivity index (χ2n) is 2.64. The van der Waals surface area contributed by atoms with Crippen LogP contribution in [0, 0.1) is 0 Å². The summed E-state index contributed by atoms with van der Waals surface area (Å²) in [6, 6.07) is 4.24. The quantitative estimate of drug-likeness (QED) is 0.736. The minimum absolute atomic E-state index is 0.335. The number of methoxy groups -OCH3 is 1. The zero-order chi connectivity index (χ0) is 8.97. The first kappa shape index (κ1) is 9.00. The van der Waals surface area contributed by atoms with Crippen LogP contribution in [0.15, 0.2) is 18.3 Å². The second-order valence-corrected chi connectivity index (χ2v) is 2.64. The van der Waals surface area contributed by atoms with Crippen LogP contribution < -0.4 is 10.1 Å². The van der Waals surface area contributed by atoms with E-state index < -0.39 is 0 Å². The predicted molar refractivity (Wildman–Crippen MR) is 48.3 cm³/mol. The zero-order valence-corrected chi connectivity index (χ0v) is 7.66. The third kappa shape index (κ3) is 1.95. The Labute approximate surface area is 72.8 Å². The van der Waals surface area contributed by atoms with Crippen LogP contribution in [0.1, 0.15) is 18.5 Å². The highest BCUT2D eigenvalue weighted by Crippen LogP contribution is 2.15. The topological polar surface area (TPSA) is 34.2 Å². The lowest BCUT2D eigenvalue weighted by atomic mass is 10.1. The van der Waals surface area contributed by atoms with Gasteiger partial charge >= 0.3 is 0 Å². The highest BCUT2D eigenvalue weighted by atomic mass is 16.5. The molecule has 3 heteroatoms. The van der Waals surface area contributed by atoms with E-state index in [1.807, 2.05) is 19.2 Å². The summed E-state index contributed by atoms with van der Waals surface area (Å²) in [5.74, 6) is 0.662. The first-order valence-electron chi connectivity index (χ1n) is 3.95.